The summed E-state index contributed by atoms with van der Waals surface area (Å²) in [6, 6.07) is 4.05. The number of carbonyl (C=O) groups is 2. The molecule has 1 heterocycles. The van der Waals surface area contributed by atoms with Gasteiger partial charge in [0.1, 0.15) is 11.8 Å². The van der Waals surface area contributed by atoms with Gasteiger partial charge in [-0.2, -0.15) is 0 Å². The molecule has 1 unspecified atom stereocenters. The second kappa shape index (κ2) is 4.89. The number of carbonyl (C=O) groups excluding carboxylic acids is 1. The first-order chi connectivity index (χ1) is 8.52. The summed E-state index contributed by atoms with van der Waals surface area (Å²) in [7, 11) is 0. The van der Waals surface area contributed by atoms with Crippen LogP contribution in [0.2, 0.25) is 0 Å². The summed E-state index contributed by atoms with van der Waals surface area (Å²) in [6.45, 7) is 1.69. The zero-order valence-electron chi connectivity index (χ0n) is 9.79. The van der Waals surface area contributed by atoms with Crippen molar-refractivity contribution >= 4 is 23.6 Å². The monoisotopic (exact) mass is 267 g/mol. The molecule has 0 radical (unpaired) electrons. The van der Waals surface area contributed by atoms with Crippen LogP contribution in [0.15, 0.2) is 18.2 Å². The molecule has 1 aliphatic rings. The zero-order valence-corrected chi connectivity index (χ0v) is 10.6. The van der Waals surface area contributed by atoms with E-state index >= 15 is 0 Å². The highest BCUT2D eigenvalue weighted by Gasteiger charge is 2.35. The molecule has 2 N–H and O–H groups in total. The smallest absolute Gasteiger partial charge is 0.327 e. The van der Waals surface area contributed by atoms with Crippen LogP contribution in [0.25, 0.3) is 0 Å². The number of hydrogen-bond acceptors (Lipinski definition) is 4. The topological polar surface area (TPSA) is 77.8 Å². The Morgan fingerprint density at radius 1 is 1.44 bits per heavy atom. The van der Waals surface area contributed by atoms with E-state index in [1.165, 1.54) is 22.7 Å². The predicted octanol–water partition coefficient (Wildman–Crippen LogP) is 1.30. The van der Waals surface area contributed by atoms with E-state index in [2.05, 4.69) is 0 Å². The Balaban J connectivity index is 2.31. The van der Waals surface area contributed by atoms with Gasteiger partial charge in [-0.1, -0.05) is 12.1 Å². The van der Waals surface area contributed by atoms with E-state index in [9.17, 15) is 14.7 Å². The van der Waals surface area contributed by atoms with Crippen molar-refractivity contribution in [3.8, 4) is 5.75 Å². The lowest BCUT2D eigenvalue weighted by molar-refractivity contribution is -0.140. The Hall–Kier alpha value is -1.69. The Morgan fingerprint density at radius 3 is 2.83 bits per heavy atom. The molecule has 0 bridgehead atoms. The summed E-state index contributed by atoms with van der Waals surface area (Å²) in [5, 5.41) is 18.9. The number of nitrogens with zero attached hydrogens (tertiary/aromatic N) is 1. The summed E-state index contributed by atoms with van der Waals surface area (Å²) in [5.41, 5.74) is 0.753. The third-order valence-electron chi connectivity index (χ3n) is 2.90. The van der Waals surface area contributed by atoms with E-state index in [1.54, 1.807) is 19.1 Å². The molecular weight excluding hydrogens is 254 g/mol. The number of phenols is 1. The molecule has 0 saturated carbocycles. The van der Waals surface area contributed by atoms with Crippen LogP contribution in [0.3, 0.4) is 0 Å². The van der Waals surface area contributed by atoms with Crippen LogP contribution in [0.5, 0.6) is 5.75 Å². The average Bonchev–Trinajstić information content (AvgIpc) is 2.81. The van der Waals surface area contributed by atoms with Gasteiger partial charge in [0.25, 0.3) is 5.91 Å². The van der Waals surface area contributed by atoms with Crippen LogP contribution in [0, 0.1) is 6.92 Å². The van der Waals surface area contributed by atoms with Crippen LogP contribution in [0.1, 0.15) is 15.9 Å². The molecule has 96 valence electrons. The number of aliphatic carboxylic acids is 1. The number of carboxylic acid groups (broad SMARTS) is 1. The third-order valence-corrected chi connectivity index (χ3v) is 3.91. The van der Waals surface area contributed by atoms with Gasteiger partial charge in [0, 0.05) is 5.75 Å². The molecule has 1 fully saturated rings. The van der Waals surface area contributed by atoms with Gasteiger partial charge in [0.15, 0.2) is 0 Å². The average molecular weight is 267 g/mol. The summed E-state index contributed by atoms with van der Waals surface area (Å²) < 4.78 is 0. The van der Waals surface area contributed by atoms with Crippen molar-refractivity contribution in [1.82, 2.24) is 4.90 Å². The van der Waals surface area contributed by atoms with Crippen LogP contribution in [-0.2, 0) is 4.79 Å². The maximum absolute atomic E-state index is 12.2. The molecule has 0 aliphatic carbocycles. The predicted molar refractivity (Wildman–Crippen MR) is 67.8 cm³/mol. The molecule has 1 atom stereocenters. The second-order valence-electron chi connectivity index (χ2n) is 4.10. The number of phenolic OH excluding ortho intramolecular Hbond substituents is 1. The van der Waals surface area contributed by atoms with Crippen molar-refractivity contribution < 1.29 is 19.8 Å². The summed E-state index contributed by atoms with van der Waals surface area (Å²) in [6.07, 6.45) is 0. The lowest BCUT2D eigenvalue weighted by Crippen LogP contribution is -2.41. The number of aryl methyl sites for hydroxylation is 1. The SMILES string of the molecule is Cc1cccc(C(=O)N2CSCC2C(=O)O)c1O. The number of carboxylic acids is 1. The maximum Gasteiger partial charge on any atom is 0.327 e. The number of aromatic hydroxyl groups is 1. The van der Waals surface area contributed by atoms with Gasteiger partial charge >= 0.3 is 5.97 Å². The fraction of sp³-hybridized carbons (Fsp3) is 0.333. The number of para-hydroxylation sites is 1. The maximum atomic E-state index is 12.2. The van der Waals surface area contributed by atoms with Gasteiger partial charge in [-0.3, -0.25) is 4.79 Å². The minimum absolute atomic E-state index is 0.0801. The first-order valence-electron chi connectivity index (χ1n) is 5.42. The Kier molecular flexibility index (Phi) is 3.47. The van der Waals surface area contributed by atoms with E-state index in [0.29, 0.717) is 17.2 Å². The fourth-order valence-corrected chi connectivity index (χ4v) is 2.98. The summed E-state index contributed by atoms with van der Waals surface area (Å²) >= 11 is 1.39. The highest BCUT2D eigenvalue weighted by molar-refractivity contribution is 7.99. The van der Waals surface area contributed by atoms with E-state index in [4.69, 9.17) is 5.11 Å². The van der Waals surface area contributed by atoms with Crippen LogP contribution >= 0.6 is 11.8 Å². The van der Waals surface area contributed by atoms with E-state index < -0.39 is 17.9 Å². The third kappa shape index (κ3) is 2.15. The standard InChI is InChI=1S/C12H13NO4S/c1-7-3-2-4-8(10(7)14)11(15)13-6-18-5-9(13)12(16)17/h2-4,9,14H,5-6H2,1H3,(H,16,17). The van der Waals surface area contributed by atoms with Crippen molar-refractivity contribution in [3.05, 3.63) is 29.3 Å². The molecule has 0 aromatic heterocycles. The minimum atomic E-state index is -1.01. The summed E-state index contributed by atoms with van der Waals surface area (Å²) in [5.74, 6) is -0.811. The number of benzene rings is 1. The van der Waals surface area contributed by atoms with Crippen molar-refractivity contribution in [3.63, 3.8) is 0 Å². The minimum Gasteiger partial charge on any atom is -0.507 e. The van der Waals surface area contributed by atoms with Crippen molar-refractivity contribution in [2.24, 2.45) is 0 Å². The van der Waals surface area contributed by atoms with Crippen LogP contribution < -0.4 is 0 Å². The molecule has 1 aromatic rings. The molecule has 1 aromatic carbocycles. The first-order valence-corrected chi connectivity index (χ1v) is 6.58. The lowest BCUT2D eigenvalue weighted by Gasteiger charge is -2.21. The molecular formula is C12H13NO4S. The van der Waals surface area contributed by atoms with Crippen LogP contribution in [-0.4, -0.2) is 44.7 Å². The molecule has 1 amide bonds. The molecule has 1 aliphatic heterocycles. The molecule has 18 heavy (non-hydrogen) atoms. The molecule has 2 rings (SSSR count). The number of rotatable bonds is 2. The molecule has 5 nitrogen and oxygen atoms in total. The summed E-state index contributed by atoms with van der Waals surface area (Å²) in [4.78, 5) is 24.5. The van der Waals surface area contributed by atoms with Gasteiger partial charge in [0.05, 0.1) is 11.4 Å². The Labute approximate surface area is 108 Å². The van der Waals surface area contributed by atoms with E-state index in [0.717, 1.165) is 0 Å². The second-order valence-corrected chi connectivity index (χ2v) is 5.10. The van der Waals surface area contributed by atoms with Gasteiger partial charge in [-0.15, -0.1) is 11.8 Å². The van der Waals surface area contributed by atoms with Gasteiger partial charge in [0.2, 0.25) is 0 Å². The Bertz CT molecular complexity index is 503. The van der Waals surface area contributed by atoms with Crippen molar-refractivity contribution in [2.45, 2.75) is 13.0 Å². The largest absolute Gasteiger partial charge is 0.507 e. The Morgan fingerprint density at radius 2 is 2.17 bits per heavy atom. The van der Waals surface area contributed by atoms with Crippen molar-refractivity contribution in [2.75, 3.05) is 11.6 Å². The number of thioether (sulfide) groups is 1. The molecule has 1 saturated heterocycles. The van der Waals surface area contributed by atoms with Crippen LogP contribution in [0.4, 0.5) is 0 Å². The van der Waals surface area contributed by atoms with Crippen molar-refractivity contribution in [1.29, 1.82) is 0 Å². The normalized spacial score (nSPS) is 18.9. The van der Waals surface area contributed by atoms with Gasteiger partial charge in [-0.05, 0) is 18.6 Å². The first kappa shape index (κ1) is 12.8. The highest BCUT2D eigenvalue weighted by atomic mass is 32.2. The van der Waals surface area contributed by atoms with Gasteiger partial charge in [-0.25, -0.2) is 4.79 Å². The van der Waals surface area contributed by atoms with Gasteiger partial charge < -0.3 is 15.1 Å². The fourth-order valence-electron chi connectivity index (χ4n) is 1.83. The lowest BCUT2D eigenvalue weighted by atomic mass is 10.1. The van der Waals surface area contributed by atoms with E-state index in [1.807, 2.05) is 0 Å². The van der Waals surface area contributed by atoms with E-state index in [-0.39, 0.29) is 11.3 Å². The zero-order chi connectivity index (χ0) is 13.3. The quantitative estimate of drug-likeness (QED) is 0.844. The molecule has 0 spiro atoms. The highest BCUT2D eigenvalue weighted by Crippen LogP contribution is 2.28. The number of amides is 1. The number of hydrogen-bond donors (Lipinski definition) is 2. The molecule has 6 heteroatoms.